The SMILES string of the molecule is Cc1ncc(S(=O)(=O)NCC(Cl)CC(C)(C)C)s1. The van der Waals surface area contributed by atoms with E-state index in [0.29, 0.717) is 0 Å². The molecule has 0 aromatic carbocycles. The van der Waals surface area contributed by atoms with E-state index in [2.05, 4.69) is 30.5 Å². The number of alkyl halides is 1. The number of aromatic nitrogens is 1. The van der Waals surface area contributed by atoms with Crippen molar-refractivity contribution in [1.29, 1.82) is 0 Å². The fraction of sp³-hybridized carbons (Fsp3) is 0.727. The molecule has 7 heteroatoms. The van der Waals surface area contributed by atoms with Crippen molar-refractivity contribution in [1.82, 2.24) is 9.71 Å². The van der Waals surface area contributed by atoms with Crippen molar-refractivity contribution < 1.29 is 8.42 Å². The van der Waals surface area contributed by atoms with Gasteiger partial charge in [0.05, 0.1) is 11.2 Å². The van der Waals surface area contributed by atoms with Crippen molar-refractivity contribution in [2.24, 2.45) is 5.41 Å². The molecule has 18 heavy (non-hydrogen) atoms. The maximum absolute atomic E-state index is 11.9. The Balaban J connectivity index is 2.58. The van der Waals surface area contributed by atoms with Gasteiger partial charge in [-0.05, 0) is 18.8 Å². The highest BCUT2D eigenvalue weighted by Crippen LogP contribution is 2.24. The summed E-state index contributed by atoms with van der Waals surface area (Å²) in [6.07, 6.45) is 2.12. The molecule has 1 unspecified atom stereocenters. The lowest BCUT2D eigenvalue weighted by Gasteiger charge is -2.21. The van der Waals surface area contributed by atoms with Gasteiger partial charge in [-0.2, -0.15) is 0 Å². The summed E-state index contributed by atoms with van der Waals surface area (Å²) in [5.41, 5.74) is 0.0823. The molecule has 0 aliphatic carbocycles. The van der Waals surface area contributed by atoms with Gasteiger partial charge < -0.3 is 0 Å². The quantitative estimate of drug-likeness (QED) is 0.851. The summed E-state index contributed by atoms with van der Waals surface area (Å²) in [4.78, 5) is 3.94. The fourth-order valence-corrected chi connectivity index (χ4v) is 4.34. The third-order valence-corrected chi connectivity index (χ3v) is 5.30. The highest BCUT2D eigenvalue weighted by atomic mass is 35.5. The van der Waals surface area contributed by atoms with Crippen LogP contribution in [0, 0.1) is 12.3 Å². The number of halogens is 1. The smallest absolute Gasteiger partial charge is 0.249 e. The third-order valence-electron chi connectivity index (χ3n) is 2.19. The molecule has 0 radical (unpaired) electrons. The molecule has 1 aromatic heterocycles. The molecule has 0 aliphatic heterocycles. The van der Waals surface area contributed by atoms with Crippen LogP contribution in [0.4, 0.5) is 0 Å². The average Bonchev–Trinajstić information content (AvgIpc) is 2.60. The summed E-state index contributed by atoms with van der Waals surface area (Å²) in [6, 6.07) is 0. The number of hydrogen-bond donors (Lipinski definition) is 1. The number of nitrogens with one attached hydrogen (secondary N) is 1. The number of rotatable bonds is 5. The van der Waals surface area contributed by atoms with Crippen LogP contribution < -0.4 is 4.72 Å². The lowest BCUT2D eigenvalue weighted by Crippen LogP contribution is -2.31. The predicted octanol–water partition coefficient (Wildman–Crippen LogP) is 2.77. The maximum atomic E-state index is 11.9. The van der Waals surface area contributed by atoms with E-state index in [9.17, 15) is 8.42 Å². The largest absolute Gasteiger partial charge is 0.251 e. The zero-order valence-electron chi connectivity index (χ0n) is 11.0. The monoisotopic (exact) mass is 310 g/mol. The van der Waals surface area contributed by atoms with Crippen LogP contribution in [0.3, 0.4) is 0 Å². The van der Waals surface area contributed by atoms with Gasteiger partial charge in [0.25, 0.3) is 10.0 Å². The Bertz CT molecular complexity index is 491. The van der Waals surface area contributed by atoms with Crippen LogP contribution in [0.5, 0.6) is 0 Å². The summed E-state index contributed by atoms with van der Waals surface area (Å²) in [7, 11) is -3.47. The lowest BCUT2D eigenvalue weighted by atomic mass is 9.90. The Kier molecular flexibility index (Phi) is 5.17. The standard InChI is InChI=1S/C11H19ClN2O2S2/c1-8-13-7-10(17-8)18(15,16)14-6-9(12)5-11(2,3)4/h7,9,14H,5-6H2,1-4H3. The second kappa shape index (κ2) is 5.86. The molecule has 104 valence electrons. The topological polar surface area (TPSA) is 59.1 Å². The molecule has 0 saturated heterocycles. The molecule has 0 aliphatic rings. The van der Waals surface area contributed by atoms with Crippen LogP contribution >= 0.6 is 22.9 Å². The Hall–Kier alpha value is -0.170. The van der Waals surface area contributed by atoms with E-state index in [-0.39, 0.29) is 21.5 Å². The summed E-state index contributed by atoms with van der Waals surface area (Å²) >= 11 is 7.28. The Labute approximate surface area is 118 Å². The van der Waals surface area contributed by atoms with Crippen LogP contribution in [-0.4, -0.2) is 25.3 Å². The molecular formula is C11H19ClN2O2S2. The highest BCUT2D eigenvalue weighted by Gasteiger charge is 2.21. The summed E-state index contributed by atoms with van der Waals surface area (Å²) < 4.78 is 26.6. The van der Waals surface area contributed by atoms with Crippen molar-refractivity contribution >= 4 is 33.0 Å². The summed E-state index contributed by atoms with van der Waals surface area (Å²) in [6.45, 7) is 8.22. The van der Waals surface area contributed by atoms with Gasteiger partial charge in [0.1, 0.15) is 0 Å². The first-order chi connectivity index (χ1) is 8.10. The van der Waals surface area contributed by atoms with E-state index in [1.807, 2.05) is 0 Å². The van der Waals surface area contributed by atoms with E-state index in [4.69, 9.17) is 11.6 Å². The van der Waals surface area contributed by atoms with Crippen LogP contribution in [0.2, 0.25) is 0 Å². The highest BCUT2D eigenvalue weighted by molar-refractivity contribution is 7.91. The van der Waals surface area contributed by atoms with E-state index in [1.165, 1.54) is 6.20 Å². The first kappa shape index (κ1) is 15.9. The van der Waals surface area contributed by atoms with Gasteiger partial charge in [0.2, 0.25) is 0 Å². The fourth-order valence-electron chi connectivity index (χ4n) is 1.47. The molecule has 1 N–H and O–H groups in total. The van der Waals surface area contributed by atoms with Crippen molar-refractivity contribution in [2.75, 3.05) is 6.54 Å². The zero-order chi connectivity index (χ0) is 14.0. The van der Waals surface area contributed by atoms with Crippen molar-refractivity contribution in [3.05, 3.63) is 11.2 Å². The maximum Gasteiger partial charge on any atom is 0.251 e. The van der Waals surface area contributed by atoms with Gasteiger partial charge in [-0.3, -0.25) is 0 Å². The Morgan fingerprint density at radius 3 is 2.56 bits per heavy atom. The van der Waals surface area contributed by atoms with Crippen molar-refractivity contribution in [3.63, 3.8) is 0 Å². The molecule has 0 fully saturated rings. The van der Waals surface area contributed by atoms with Gasteiger partial charge in [-0.15, -0.1) is 22.9 Å². The number of aryl methyl sites for hydroxylation is 1. The number of thiazole rings is 1. The number of nitrogens with zero attached hydrogens (tertiary/aromatic N) is 1. The minimum atomic E-state index is -3.47. The van der Waals surface area contributed by atoms with Crippen LogP contribution in [-0.2, 0) is 10.0 Å². The minimum Gasteiger partial charge on any atom is -0.249 e. The van der Waals surface area contributed by atoms with E-state index in [0.717, 1.165) is 22.8 Å². The van der Waals surface area contributed by atoms with Gasteiger partial charge in [0, 0.05) is 11.9 Å². The second-order valence-corrected chi connectivity index (χ2v) is 9.26. The molecule has 0 saturated carbocycles. The summed E-state index contributed by atoms with van der Waals surface area (Å²) in [5.74, 6) is 0. The normalized spacial score (nSPS) is 14.7. The lowest BCUT2D eigenvalue weighted by molar-refractivity contribution is 0.369. The summed E-state index contributed by atoms with van der Waals surface area (Å²) in [5, 5.41) is 0.515. The molecule has 1 aromatic rings. The zero-order valence-corrected chi connectivity index (χ0v) is 13.4. The van der Waals surface area contributed by atoms with Gasteiger partial charge in [-0.25, -0.2) is 18.1 Å². The van der Waals surface area contributed by atoms with Gasteiger partial charge in [-0.1, -0.05) is 20.8 Å². The molecule has 1 rings (SSSR count). The molecule has 1 heterocycles. The van der Waals surface area contributed by atoms with Crippen LogP contribution in [0.15, 0.2) is 10.4 Å². The number of hydrogen-bond acceptors (Lipinski definition) is 4. The molecule has 0 spiro atoms. The first-order valence-electron chi connectivity index (χ1n) is 5.66. The first-order valence-corrected chi connectivity index (χ1v) is 8.40. The molecule has 1 atom stereocenters. The van der Waals surface area contributed by atoms with E-state index < -0.39 is 10.0 Å². The van der Waals surface area contributed by atoms with Gasteiger partial charge in [0.15, 0.2) is 4.21 Å². The Morgan fingerprint density at radius 2 is 2.11 bits per heavy atom. The molecular weight excluding hydrogens is 292 g/mol. The molecule has 0 amide bonds. The van der Waals surface area contributed by atoms with Crippen LogP contribution in [0.25, 0.3) is 0 Å². The average molecular weight is 311 g/mol. The van der Waals surface area contributed by atoms with Crippen molar-refractivity contribution in [3.8, 4) is 0 Å². The third kappa shape index (κ3) is 5.22. The van der Waals surface area contributed by atoms with Crippen LogP contribution in [0.1, 0.15) is 32.2 Å². The molecule has 0 bridgehead atoms. The number of sulfonamides is 1. The molecule has 4 nitrogen and oxygen atoms in total. The second-order valence-electron chi connectivity index (χ2n) is 5.41. The van der Waals surface area contributed by atoms with E-state index in [1.54, 1.807) is 6.92 Å². The van der Waals surface area contributed by atoms with E-state index >= 15 is 0 Å². The predicted molar refractivity (Wildman–Crippen MR) is 75.8 cm³/mol. The van der Waals surface area contributed by atoms with Gasteiger partial charge >= 0.3 is 0 Å². The Morgan fingerprint density at radius 1 is 1.50 bits per heavy atom. The van der Waals surface area contributed by atoms with Crippen molar-refractivity contribution in [2.45, 2.75) is 43.7 Å². The minimum absolute atomic E-state index is 0.0823.